The first kappa shape index (κ1) is 17.8. The van der Waals surface area contributed by atoms with Crippen molar-refractivity contribution in [2.45, 2.75) is 12.7 Å². The average molecular weight is 372 g/mol. The predicted molar refractivity (Wildman–Crippen MR) is 119 cm³/mol. The summed E-state index contributed by atoms with van der Waals surface area (Å²) in [5.41, 5.74) is 7.57. The van der Waals surface area contributed by atoms with E-state index in [0.29, 0.717) is 6.16 Å². The summed E-state index contributed by atoms with van der Waals surface area (Å²) in [4.78, 5) is 9.27. The fourth-order valence-electron chi connectivity index (χ4n) is 3.76. The molecule has 1 atom stereocenters. The second-order valence-corrected chi connectivity index (χ2v) is 10.3. The third kappa shape index (κ3) is 3.37. The Hall–Kier alpha value is -2.61. The minimum absolute atomic E-state index is 0.659. The topological polar surface area (TPSA) is 50.7 Å². The molecule has 2 N–H and O–H groups in total. The number of benzene rings is 3. The summed E-state index contributed by atoms with van der Waals surface area (Å²) in [6.45, 7) is 1.95. The van der Waals surface area contributed by atoms with Gasteiger partial charge in [0.15, 0.2) is 0 Å². The van der Waals surface area contributed by atoms with Gasteiger partial charge < -0.3 is 0 Å². The molecule has 1 aliphatic rings. The Morgan fingerprint density at radius 2 is 1.15 bits per heavy atom. The van der Waals surface area contributed by atoms with Crippen molar-refractivity contribution in [2.24, 2.45) is 15.7 Å². The number of nitrogens with two attached hydrogens (primary N) is 1. The van der Waals surface area contributed by atoms with E-state index in [0.717, 1.165) is 5.71 Å². The maximum Gasteiger partial charge on any atom is 0.237 e. The zero-order chi connectivity index (χ0) is 18.7. The van der Waals surface area contributed by atoms with Gasteiger partial charge >= 0.3 is 0 Å². The first-order valence-electron chi connectivity index (χ1n) is 9.08. The molecule has 3 nitrogen and oxygen atoms in total. The highest BCUT2D eigenvalue weighted by molar-refractivity contribution is 7.95. The Labute approximate surface area is 161 Å². The number of aliphatic imine (C=N–C) groups is 2. The van der Waals surface area contributed by atoms with Crippen molar-refractivity contribution in [1.82, 2.24) is 0 Å². The number of nitrogens with zero attached hydrogens (tertiary/aromatic N) is 2. The number of hydrogen-bond donors (Lipinski definition) is 1. The van der Waals surface area contributed by atoms with E-state index in [4.69, 9.17) is 5.73 Å². The van der Waals surface area contributed by atoms with Gasteiger partial charge in [0.25, 0.3) is 0 Å². The van der Waals surface area contributed by atoms with Crippen molar-refractivity contribution in [1.29, 1.82) is 0 Å². The lowest BCUT2D eigenvalue weighted by molar-refractivity contribution is 0.542. The zero-order valence-electron chi connectivity index (χ0n) is 15.4. The van der Waals surface area contributed by atoms with Gasteiger partial charge in [0.2, 0.25) is 5.79 Å². The molecule has 0 amide bonds. The first-order chi connectivity index (χ1) is 13.1. The molecule has 4 heteroatoms. The summed E-state index contributed by atoms with van der Waals surface area (Å²) >= 11 is 0. The van der Waals surface area contributed by atoms with Gasteiger partial charge in [0.05, 0.1) is 5.71 Å². The SMILES string of the molecule is CC1=NC(N)(C[P+](c2ccccc2)(c2ccccc2)c2ccccc2)N=C1. The van der Waals surface area contributed by atoms with E-state index in [9.17, 15) is 0 Å². The predicted octanol–water partition coefficient (Wildman–Crippen LogP) is 3.14. The van der Waals surface area contributed by atoms with Crippen LogP contribution >= 0.6 is 7.26 Å². The third-order valence-corrected chi connectivity index (χ3v) is 9.38. The zero-order valence-corrected chi connectivity index (χ0v) is 16.3. The minimum Gasteiger partial charge on any atom is -0.285 e. The Morgan fingerprint density at radius 1 is 0.741 bits per heavy atom. The van der Waals surface area contributed by atoms with E-state index < -0.39 is 13.0 Å². The van der Waals surface area contributed by atoms with Gasteiger partial charge in [-0.1, -0.05) is 54.6 Å². The molecule has 0 radical (unpaired) electrons. The van der Waals surface area contributed by atoms with E-state index in [1.165, 1.54) is 15.9 Å². The molecule has 3 aromatic rings. The Kier molecular flexibility index (Phi) is 4.73. The molecule has 0 aromatic heterocycles. The molecule has 134 valence electrons. The van der Waals surface area contributed by atoms with Crippen molar-refractivity contribution in [3.63, 3.8) is 0 Å². The fourth-order valence-corrected chi connectivity index (χ4v) is 8.10. The summed E-state index contributed by atoms with van der Waals surface area (Å²) in [5.74, 6) is -0.931. The van der Waals surface area contributed by atoms with Crippen molar-refractivity contribution in [3.05, 3.63) is 91.0 Å². The molecule has 0 spiro atoms. The molecule has 0 aliphatic carbocycles. The van der Waals surface area contributed by atoms with Crippen LogP contribution in [0.5, 0.6) is 0 Å². The standard InChI is InChI=1S/C23H23N3P/c1-19-17-25-23(24,26-19)18-27(20-11-5-2-6-12-20,21-13-7-3-8-14-21)22-15-9-4-10-16-22/h2-17H,18,24H2,1H3/q+1. The van der Waals surface area contributed by atoms with E-state index in [-0.39, 0.29) is 0 Å². The van der Waals surface area contributed by atoms with Gasteiger partial charge in [-0.2, -0.15) is 0 Å². The van der Waals surface area contributed by atoms with Crippen molar-refractivity contribution < 1.29 is 0 Å². The largest absolute Gasteiger partial charge is 0.285 e. The normalized spacial score (nSPS) is 19.1. The van der Waals surface area contributed by atoms with Crippen LogP contribution in [0.15, 0.2) is 101 Å². The molecule has 0 saturated carbocycles. The van der Waals surface area contributed by atoms with Crippen LogP contribution < -0.4 is 21.6 Å². The highest BCUT2D eigenvalue weighted by Crippen LogP contribution is 2.57. The summed E-state index contributed by atoms with van der Waals surface area (Å²) in [6, 6.07) is 32.1. The van der Waals surface area contributed by atoms with Crippen LogP contribution in [-0.2, 0) is 0 Å². The monoisotopic (exact) mass is 372 g/mol. The van der Waals surface area contributed by atoms with Crippen molar-refractivity contribution >= 4 is 35.1 Å². The van der Waals surface area contributed by atoms with Gasteiger partial charge in [0.1, 0.15) is 29.3 Å². The van der Waals surface area contributed by atoms with E-state index >= 15 is 0 Å². The lowest BCUT2D eigenvalue weighted by atomic mass is 10.3. The van der Waals surface area contributed by atoms with Crippen LogP contribution in [0, 0.1) is 0 Å². The van der Waals surface area contributed by atoms with E-state index in [1.54, 1.807) is 6.21 Å². The van der Waals surface area contributed by atoms with Gasteiger partial charge in [-0.05, 0) is 43.3 Å². The van der Waals surface area contributed by atoms with Crippen LogP contribution in [0.2, 0.25) is 0 Å². The van der Waals surface area contributed by atoms with Crippen molar-refractivity contribution in [2.75, 3.05) is 6.16 Å². The molecule has 1 unspecified atom stereocenters. The van der Waals surface area contributed by atoms with E-state index in [1.807, 2.05) is 6.92 Å². The fraction of sp³-hybridized carbons (Fsp3) is 0.130. The van der Waals surface area contributed by atoms with Crippen LogP contribution in [0.4, 0.5) is 0 Å². The van der Waals surface area contributed by atoms with Crippen LogP contribution in [-0.4, -0.2) is 23.9 Å². The molecule has 1 aliphatic heterocycles. The van der Waals surface area contributed by atoms with Crippen LogP contribution in [0.3, 0.4) is 0 Å². The molecule has 3 aromatic carbocycles. The van der Waals surface area contributed by atoms with Gasteiger partial charge in [0, 0.05) is 6.21 Å². The van der Waals surface area contributed by atoms with Gasteiger partial charge in [-0.3, -0.25) is 5.73 Å². The maximum atomic E-state index is 6.69. The third-order valence-electron chi connectivity index (χ3n) is 4.91. The van der Waals surface area contributed by atoms with Crippen molar-refractivity contribution in [3.8, 4) is 0 Å². The lowest BCUT2D eigenvalue weighted by Gasteiger charge is -2.31. The lowest BCUT2D eigenvalue weighted by Crippen LogP contribution is -2.46. The Morgan fingerprint density at radius 3 is 1.48 bits per heavy atom. The number of rotatable bonds is 5. The molecule has 1 heterocycles. The van der Waals surface area contributed by atoms with E-state index in [2.05, 4.69) is 101 Å². The molecule has 0 fully saturated rings. The Balaban J connectivity index is 2.00. The summed E-state index contributed by atoms with van der Waals surface area (Å²) in [6.07, 6.45) is 2.45. The molecular weight excluding hydrogens is 349 g/mol. The summed E-state index contributed by atoms with van der Waals surface area (Å²) in [7, 11) is -2.04. The molecule has 27 heavy (non-hydrogen) atoms. The average Bonchev–Trinajstić information content (AvgIpc) is 3.07. The second kappa shape index (κ2) is 7.19. The summed E-state index contributed by atoms with van der Waals surface area (Å²) in [5, 5.41) is 3.88. The molecule has 0 bridgehead atoms. The highest BCUT2D eigenvalue weighted by atomic mass is 31.2. The first-order valence-corrected chi connectivity index (χ1v) is 11.1. The van der Waals surface area contributed by atoms with Crippen LogP contribution in [0.1, 0.15) is 6.92 Å². The molecule has 4 rings (SSSR count). The second-order valence-electron chi connectivity index (χ2n) is 6.86. The summed E-state index contributed by atoms with van der Waals surface area (Å²) < 4.78 is 0. The Bertz CT molecular complexity index is 872. The highest BCUT2D eigenvalue weighted by Gasteiger charge is 2.51. The molecule has 0 saturated heterocycles. The van der Waals surface area contributed by atoms with Crippen LogP contribution in [0.25, 0.3) is 0 Å². The minimum atomic E-state index is -2.04. The number of hydrogen-bond acceptors (Lipinski definition) is 3. The smallest absolute Gasteiger partial charge is 0.237 e. The maximum absolute atomic E-state index is 6.69. The molecular formula is C23H23N3P+. The quantitative estimate of drug-likeness (QED) is 0.688. The van der Waals surface area contributed by atoms with Gasteiger partial charge in [-0.25, -0.2) is 9.98 Å². The van der Waals surface area contributed by atoms with Gasteiger partial charge in [-0.15, -0.1) is 0 Å².